The fourth-order valence-corrected chi connectivity index (χ4v) is 1.47. The fraction of sp³-hybridized carbons (Fsp3) is 0.250. The largest absolute Gasteiger partial charge is 0.379 e. The average molecular weight is 219 g/mol. The van der Waals surface area contributed by atoms with Gasteiger partial charge in [-0.15, -0.1) is 0 Å². The molecule has 0 saturated carbocycles. The van der Waals surface area contributed by atoms with Crippen molar-refractivity contribution in [3.8, 4) is 0 Å². The van der Waals surface area contributed by atoms with E-state index in [2.05, 4.69) is 10.4 Å². The minimum absolute atomic E-state index is 0.185. The molecule has 0 amide bonds. The first kappa shape index (κ1) is 10.7. The maximum absolute atomic E-state index is 13.3. The third-order valence-electron chi connectivity index (χ3n) is 2.57. The number of anilines is 1. The highest BCUT2D eigenvalue weighted by atomic mass is 19.1. The molecule has 0 unspecified atom stereocenters. The van der Waals surface area contributed by atoms with Crippen LogP contribution in [0.25, 0.3) is 0 Å². The number of aryl methyl sites for hydroxylation is 2. The van der Waals surface area contributed by atoms with Gasteiger partial charge in [-0.05, 0) is 30.7 Å². The van der Waals surface area contributed by atoms with Crippen molar-refractivity contribution < 1.29 is 4.39 Å². The molecule has 1 aromatic heterocycles. The summed E-state index contributed by atoms with van der Waals surface area (Å²) in [6, 6.07) is 7.07. The van der Waals surface area contributed by atoms with Gasteiger partial charge in [-0.25, -0.2) is 4.39 Å². The van der Waals surface area contributed by atoms with E-state index in [0.717, 1.165) is 11.4 Å². The van der Waals surface area contributed by atoms with Gasteiger partial charge in [-0.1, -0.05) is 6.07 Å². The van der Waals surface area contributed by atoms with Gasteiger partial charge in [0.2, 0.25) is 0 Å². The number of hydrogen-bond donors (Lipinski definition) is 1. The number of halogens is 1. The predicted octanol–water partition coefficient (Wildman–Crippen LogP) is 2.48. The van der Waals surface area contributed by atoms with Gasteiger partial charge in [0.05, 0.1) is 12.2 Å². The van der Waals surface area contributed by atoms with E-state index < -0.39 is 0 Å². The van der Waals surface area contributed by atoms with Crippen molar-refractivity contribution in [1.29, 1.82) is 0 Å². The Bertz CT molecular complexity index is 491. The van der Waals surface area contributed by atoms with Crippen molar-refractivity contribution in [2.75, 3.05) is 5.32 Å². The van der Waals surface area contributed by atoms with E-state index in [1.54, 1.807) is 23.9 Å². The molecule has 4 heteroatoms. The van der Waals surface area contributed by atoms with Gasteiger partial charge < -0.3 is 5.32 Å². The van der Waals surface area contributed by atoms with Gasteiger partial charge in [0, 0.05) is 18.9 Å². The van der Waals surface area contributed by atoms with Crippen molar-refractivity contribution in [3.63, 3.8) is 0 Å². The zero-order valence-electron chi connectivity index (χ0n) is 9.37. The van der Waals surface area contributed by atoms with Crippen LogP contribution in [-0.4, -0.2) is 9.78 Å². The summed E-state index contributed by atoms with van der Waals surface area (Å²) in [4.78, 5) is 0. The Morgan fingerprint density at radius 2 is 2.19 bits per heavy atom. The molecule has 0 radical (unpaired) electrons. The molecule has 2 aromatic rings. The highest BCUT2D eigenvalue weighted by Gasteiger charge is 2.01. The highest BCUT2D eigenvalue weighted by molar-refractivity contribution is 5.45. The Morgan fingerprint density at radius 1 is 1.38 bits per heavy atom. The van der Waals surface area contributed by atoms with E-state index in [0.29, 0.717) is 12.1 Å². The number of nitrogens with one attached hydrogen (secondary N) is 1. The van der Waals surface area contributed by atoms with Crippen LogP contribution in [0.5, 0.6) is 0 Å². The maximum atomic E-state index is 13.3. The number of hydrogen-bond acceptors (Lipinski definition) is 2. The van der Waals surface area contributed by atoms with Crippen LogP contribution in [0.15, 0.2) is 30.5 Å². The predicted molar refractivity (Wildman–Crippen MR) is 61.7 cm³/mol. The van der Waals surface area contributed by atoms with Crippen LogP contribution in [-0.2, 0) is 13.6 Å². The molecule has 1 heterocycles. The Kier molecular flexibility index (Phi) is 2.90. The molecule has 0 atom stereocenters. The third kappa shape index (κ3) is 2.21. The minimum Gasteiger partial charge on any atom is -0.379 e. The van der Waals surface area contributed by atoms with Gasteiger partial charge >= 0.3 is 0 Å². The molecule has 0 saturated heterocycles. The van der Waals surface area contributed by atoms with Crippen LogP contribution in [0.1, 0.15) is 11.3 Å². The van der Waals surface area contributed by atoms with Crippen molar-refractivity contribution in [2.45, 2.75) is 13.5 Å². The molecule has 1 N–H and O–H groups in total. The summed E-state index contributed by atoms with van der Waals surface area (Å²) < 4.78 is 15.1. The lowest BCUT2D eigenvalue weighted by molar-refractivity contribution is 0.619. The summed E-state index contributed by atoms with van der Waals surface area (Å²) in [6.45, 7) is 2.39. The second kappa shape index (κ2) is 4.35. The zero-order valence-corrected chi connectivity index (χ0v) is 9.37. The zero-order chi connectivity index (χ0) is 11.5. The Balaban J connectivity index is 2.05. The Hall–Kier alpha value is -1.84. The van der Waals surface area contributed by atoms with E-state index >= 15 is 0 Å². The summed E-state index contributed by atoms with van der Waals surface area (Å²) >= 11 is 0. The molecule has 0 bridgehead atoms. The lowest BCUT2D eigenvalue weighted by atomic mass is 10.2. The summed E-state index contributed by atoms with van der Waals surface area (Å²) in [5, 5.41) is 7.22. The fourth-order valence-electron chi connectivity index (χ4n) is 1.47. The first-order valence-corrected chi connectivity index (χ1v) is 5.14. The molecule has 2 rings (SSSR count). The van der Waals surface area contributed by atoms with Crippen LogP contribution in [0.2, 0.25) is 0 Å². The van der Waals surface area contributed by atoms with E-state index in [4.69, 9.17) is 0 Å². The lowest BCUT2D eigenvalue weighted by Gasteiger charge is -2.07. The van der Waals surface area contributed by atoms with E-state index in [9.17, 15) is 4.39 Å². The molecule has 16 heavy (non-hydrogen) atoms. The third-order valence-corrected chi connectivity index (χ3v) is 2.57. The molecule has 1 aromatic carbocycles. The van der Waals surface area contributed by atoms with Gasteiger partial charge in [0.25, 0.3) is 0 Å². The first-order valence-electron chi connectivity index (χ1n) is 5.14. The van der Waals surface area contributed by atoms with Crippen molar-refractivity contribution in [3.05, 3.63) is 47.5 Å². The SMILES string of the molecule is Cc1ccc(NCc2ccnn2C)cc1F. The van der Waals surface area contributed by atoms with Gasteiger partial charge in [-0.3, -0.25) is 4.68 Å². The molecule has 0 aliphatic heterocycles. The molecule has 0 aliphatic carbocycles. The standard InChI is InChI=1S/C12H14FN3/c1-9-3-4-10(7-12(9)13)14-8-11-5-6-15-16(11)2/h3-7,14H,8H2,1-2H3. The summed E-state index contributed by atoms with van der Waals surface area (Å²) in [7, 11) is 1.88. The molecule has 3 nitrogen and oxygen atoms in total. The molecule has 0 spiro atoms. The number of benzene rings is 1. The Labute approximate surface area is 93.9 Å². The maximum Gasteiger partial charge on any atom is 0.128 e. The quantitative estimate of drug-likeness (QED) is 0.859. The van der Waals surface area contributed by atoms with Crippen LogP contribution in [0, 0.1) is 12.7 Å². The van der Waals surface area contributed by atoms with Crippen LogP contribution in [0.3, 0.4) is 0 Å². The average Bonchev–Trinajstić information content (AvgIpc) is 2.66. The number of aromatic nitrogens is 2. The summed E-state index contributed by atoms with van der Waals surface area (Å²) in [5.41, 5.74) is 2.50. The molecular weight excluding hydrogens is 205 g/mol. The Morgan fingerprint density at radius 3 is 2.81 bits per heavy atom. The normalized spacial score (nSPS) is 10.4. The second-order valence-electron chi connectivity index (χ2n) is 3.76. The lowest BCUT2D eigenvalue weighted by Crippen LogP contribution is -2.05. The summed E-state index contributed by atoms with van der Waals surface area (Å²) in [5.74, 6) is -0.185. The molecule has 0 aliphatic rings. The van der Waals surface area contributed by atoms with Crippen LogP contribution in [0.4, 0.5) is 10.1 Å². The van der Waals surface area contributed by atoms with Gasteiger partial charge in [0.1, 0.15) is 5.82 Å². The molecular formula is C12H14FN3. The minimum atomic E-state index is -0.185. The summed E-state index contributed by atoms with van der Waals surface area (Å²) in [6.07, 6.45) is 1.74. The first-order chi connectivity index (χ1) is 7.66. The highest BCUT2D eigenvalue weighted by Crippen LogP contribution is 2.14. The van der Waals surface area contributed by atoms with E-state index in [1.807, 2.05) is 19.2 Å². The van der Waals surface area contributed by atoms with Crippen LogP contribution < -0.4 is 5.32 Å². The second-order valence-corrected chi connectivity index (χ2v) is 3.76. The number of rotatable bonds is 3. The van der Waals surface area contributed by atoms with Crippen LogP contribution >= 0.6 is 0 Å². The smallest absolute Gasteiger partial charge is 0.128 e. The molecule has 84 valence electrons. The van der Waals surface area contributed by atoms with Crippen molar-refractivity contribution in [1.82, 2.24) is 9.78 Å². The van der Waals surface area contributed by atoms with Gasteiger partial charge in [0.15, 0.2) is 0 Å². The topological polar surface area (TPSA) is 29.9 Å². The van der Waals surface area contributed by atoms with Crippen molar-refractivity contribution in [2.24, 2.45) is 7.05 Å². The van der Waals surface area contributed by atoms with Gasteiger partial charge in [-0.2, -0.15) is 5.10 Å². The van der Waals surface area contributed by atoms with Crippen molar-refractivity contribution >= 4 is 5.69 Å². The monoisotopic (exact) mass is 219 g/mol. The molecule has 0 fully saturated rings. The van der Waals surface area contributed by atoms with E-state index in [1.165, 1.54) is 6.07 Å². The van der Waals surface area contributed by atoms with E-state index in [-0.39, 0.29) is 5.82 Å². The number of nitrogens with zero attached hydrogens (tertiary/aromatic N) is 2.